The molecule has 3 N–H and O–H groups in total. The Labute approximate surface area is 154 Å². The first-order valence-electron chi connectivity index (χ1n) is 8.51. The molecule has 8 heteroatoms. The van der Waals surface area contributed by atoms with Gasteiger partial charge in [0.15, 0.2) is 5.58 Å². The summed E-state index contributed by atoms with van der Waals surface area (Å²) < 4.78 is 5.72. The molecule has 4 rings (SSSR count). The van der Waals surface area contributed by atoms with Gasteiger partial charge >= 0.3 is 0 Å². The number of amides is 2. The smallest absolute Gasteiger partial charge is 0.300 e. The van der Waals surface area contributed by atoms with Crippen molar-refractivity contribution in [1.82, 2.24) is 15.6 Å². The van der Waals surface area contributed by atoms with Crippen molar-refractivity contribution in [2.75, 3.05) is 11.9 Å². The number of oxazole rings is 1. The van der Waals surface area contributed by atoms with E-state index in [9.17, 15) is 9.59 Å². The van der Waals surface area contributed by atoms with Crippen molar-refractivity contribution in [3.63, 3.8) is 0 Å². The van der Waals surface area contributed by atoms with Gasteiger partial charge in [0.2, 0.25) is 17.8 Å². The molecule has 0 spiro atoms. The van der Waals surface area contributed by atoms with E-state index in [1.807, 2.05) is 36.4 Å². The highest BCUT2D eigenvalue weighted by Crippen LogP contribution is 2.23. The van der Waals surface area contributed by atoms with E-state index < -0.39 is 0 Å². The summed E-state index contributed by atoms with van der Waals surface area (Å²) >= 11 is 0. The highest BCUT2D eigenvalue weighted by molar-refractivity contribution is 6.06. The Morgan fingerprint density at radius 1 is 1.19 bits per heavy atom. The van der Waals surface area contributed by atoms with Crippen molar-refractivity contribution >= 4 is 40.6 Å². The average Bonchev–Trinajstić information content (AvgIpc) is 3.04. The summed E-state index contributed by atoms with van der Waals surface area (Å²) in [6.45, 7) is 0.378. The van der Waals surface area contributed by atoms with Crippen LogP contribution in [0.1, 0.15) is 12.0 Å². The number of para-hydroxylation sites is 1. The molecule has 8 nitrogen and oxygen atoms in total. The number of carbonyl (C=O) groups is 2. The minimum atomic E-state index is -0.266. The van der Waals surface area contributed by atoms with Crippen molar-refractivity contribution < 1.29 is 14.0 Å². The molecule has 0 atom stereocenters. The summed E-state index contributed by atoms with van der Waals surface area (Å²) in [7, 11) is 0. The Bertz CT molecular complexity index is 1030. The van der Waals surface area contributed by atoms with Crippen LogP contribution in [0, 0.1) is 0 Å². The third-order valence-corrected chi connectivity index (χ3v) is 3.97. The highest BCUT2D eigenvalue weighted by atomic mass is 16.4. The van der Waals surface area contributed by atoms with Crippen LogP contribution in [0.5, 0.6) is 0 Å². The predicted octanol–water partition coefficient (Wildman–Crippen LogP) is 2.11. The van der Waals surface area contributed by atoms with E-state index in [1.165, 1.54) is 0 Å². The lowest BCUT2D eigenvalue weighted by Crippen LogP contribution is -2.46. The lowest BCUT2D eigenvalue weighted by molar-refractivity contribution is -0.120. The van der Waals surface area contributed by atoms with Crippen LogP contribution in [0.15, 0.2) is 57.9 Å². The van der Waals surface area contributed by atoms with Crippen molar-refractivity contribution in [2.45, 2.75) is 12.8 Å². The first-order valence-corrected chi connectivity index (χ1v) is 8.51. The number of benzene rings is 2. The molecule has 0 saturated carbocycles. The number of nitrogens with zero attached hydrogens (tertiary/aromatic N) is 2. The van der Waals surface area contributed by atoms with Crippen molar-refractivity contribution in [1.29, 1.82) is 0 Å². The Hall–Kier alpha value is -3.68. The maximum Gasteiger partial charge on any atom is 0.300 e. The molecule has 27 heavy (non-hydrogen) atoms. The molecule has 2 heterocycles. The molecule has 3 aromatic rings. The van der Waals surface area contributed by atoms with Crippen LogP contribution in [0.4, 0.5) is 11.7 Å². The Morgan fingerprint density at radius 2 is 2.04 bits per heavy atom. The summed E-state index contributed by atoms with van der Waals surface area (Å²) in [4.78, 5) is 31.9. The molecule has 1 aliphatic heterocycles. The Morgan fingerprint density at radius 3 is 2.85 bits per heavy atom. The minimum Gasteiger partial charge on any atom is -0.423 e. The first-order chi connectivity index (χ1) is 13.2. The molecule has 0 fully saturated rings. The lowest BCUT2D eigenvalue weighted by Gasteiger charge is -2.13. The number of guanidine groups is 1. The highest BCUT2D eigenvalue weighted by Gasteiger charge is 2.15. The Balaban J connectivity index is 1.44. The summed E-state index contributed by atoms with van der Waals surface area (Å²) in [5.41, 5.74) is 2.92. The van der Waals surface area contributed by atoms with E-state index >= 15 is 0 Å². The Kier molecular flexibility index (Phi) is 4.52. The number of aliphatic imine (C=N–C) groups is 1. The maximum atomic E-state index is 12.2. The molecule has 2 amide bonds. The van der Waals surface area contributed by atoms with Gasteiger partial charge in [-0.05, 0) is 29.8 Å². The molecule has 0 aliphatic carbocycles. The van der Waals surface area contributed by atoms with Crippen molar-refractivity contribution in [3.05, 3.63) is 54.1 Å². The summed E-state index contributed by atoms with van der Waals surface area (Å²) in [5.74, 6) is -0.217. The van der Waals surface area contributed by atoms with Crippen molar-refractivity contribution in [3.8, 4) is 0 Å². The second-order valence-corrected chi connectivity index (χ2v) is 6.07. The summed E-state index contributed by atoms with van der Waals surface area (Å²) in [5, 5.41) is 8.23. The van der Waals surface area contributed by atoms with Crippen molar-refractivity contribution in [2.24, 2.45) is 4.99 Å². The number of rotatable bonds is 4. The van der Waals surface area contributed by atoms with Gasteiger partial charge in [0.05, 0.1) is 13.0 Å². The van der Waals surface area contributed by atoms with E-state index in [2.05, 4.69) is 25.9 Å². The number of hydrogen-bond acceptors (Lipinski definition) is 6. The van der Waals surface area contributed by atoms with E-state index in [4.69, 9.17) is 4.42 Å². The number of aromatic nitrogens is 1. The second kappa shape index (κ2) is 7.28. The van der Waals surface area contributed by atoms with Crippen LogP contribution in [-0.2, 0) is 16.0 Å². The zero-order chi connectivity index (χ0) is 18.6. The fourth-order valence-corrected chi connectivity index (χ4v) is 2.71. The molecule has 2 aromatic carbocycles. The largest absolute Gasteiger partial charge is 0.423 e. The van der Waals surface area contributed by atoms with Gasteiger partial charge in [-0.2, -0.15) is 4.98 Å². The standard InChI is InChI=1S/C19H17N5O3/c25-16-8-9-20-18(23-16)24-17(26)11-12-6-7-14-15(10-12)27-19(22-14)21-13-4-2-1-3-5-13/h1-7,10H,8-9,11H2,(H,21,22)(H2,20,23,24,25,26). The van der Waals surface area contributed by atoms with Gasteiger partial charge in [-0.25, -0.2) is 0 Å². The quantitative estimate of drug-likeness (QED) is 0.658. The van der Waals surface area contributed by atoms with E-state index in [0.717, 1.165) is 11.3 Å². The monoisotopic (exact) mass is 363 g/mol. The van der Waals surface area contributed by atoms with Crippen LogP contribution in [0.3, 0.4) is 0 Å². The SMILES string of the molecule is O=C1CCN=C(NC(=O)Cc2ccc3nc(Nc4ccccc4)oc3c2)N1. The molecule has 1 aliphatic rings. The van der Waals surface area contributed by atoms with Crippen LogP contribution in [0.2, 0.25) is 0 Å². The third kappa shape index (κ3) is 4.12. The third-order valence-electron chi connectivity index (χ3n) is 3.97. The molecule has 0 saturated heterocycles. The number of nitrogens with one attached hydrogen (secondary N) is 3. The fraction of sp³-hybridized carbons (Fsp3) is 0.158. The minimum absolute atomic E-state index is 0.132. The van der Waals surface area contributed by atoms with Gasteiger partial charge in [-0.1, -0.05) is 24.3 Å². The fourth-order valence-electron chi connectivity index (χ4n) is 2.71. The van der Waals surface area contributed by atoms with Gasteiger partial charge in [-0.3, -0.25) is 25.2 Å². The number of anilines is 2. The van der Waals surface area contributed by atoms with Crippen LogP contribution in [0.25, 0.3) is 11.1 Å². The van der Waals surface area contributed by atoms with Crippen LogP contribution >= 0.6 is 0 Å². The van der Waals surface area contributed by atoms with Gasteiger partial charge in [-0.15, -0.1) is 0 Å². The van der Waals surface area contributed by atoms with E-state index in [1.54, 1.807) is 12.1 Å². The topological polar surface area (TPSA) is 109 Å². The molecule has 1 aromatic heterocycles. The van der Waals surface area contributed by atoms with E-state index in [0.29, 0.717) is 30.1 Å². The predicted molar refractivity (Wildman–Crippen MR) is 101 cm³/mol. The number of fused-ring (bicyclic) bond motifs is 1. The lowest BCUT2D eigenvalue weighted by atomic mass is 10.1. The normalized spacial score (nSPS) is 13.8. The number of hydrogen-bond donors (Lipinski definition) is 3. The molecular weight excluding hydrogens is 346 g/mol. The van der Waals surface area contributed by atoms with E-state index in [-0.39, 0.29) is 24.2 Å². The summed E-state index contributed by atoms with van der Waals surface area (Å²) in [6, 6.07) is 15.4. The zero-order valence-electron chi connectivity index (χ0n) is 14.4. The molecular formula is C19H17N5O3. The van der Waals surface area contributed by atoms with Gasteiger partial charge in [0.1, 0.15) is 5.52 Å². The zero-order valence-corrected chi connectivity index (χ0v) is 14.4. The molecule has 136 valence electrons. The van der Waals surface area contributed by atoms with Gasteiger partial charge in [0.25, 0.3) is 6.01 Å². The average molecular weight is 363 g/mol. The van der Waals surface area contributed by atoms with Gasteiger partial charge in [0, 0.05) is 12.1 Å². The first kappa shape index (κ1) is 16.8. The second-order valence-electron chi connectivity index (χ2n) is 6.07. The number of carbonyl (C=O) groups excluding carboxylic acids is 2. The molecule has 0 unspecified atom stereocenters. The van der Waals surface area contributed by atoms with Crippen LogP contribution < -0.4 is 16.0 Å². The van der Waals surface area contributed by atoms with Crippen LogP contribution in [-0.4, -0.2) is 29.3 Å². The maximum absolute atomic E-state index is 12.2. The molecule has 0 bridgehead atoms. The van der Waals surface area contributed by atoms with Gasteiger partial charge < -0.3 is 9.73 Å². The summed E-state index contributed by atoms with van der Waals surface area (Å²) in [6.07, 6.45) is 0.466. The molecule has 0 radical (unpaired) electrons.